The van der Waals surface area contributed by atoms with Crippen molar-refractivity contribution < 1.29 is 13.9 Å². The number of benzene rings is 1. The van der Waals surface area contributed by atoms with Crippen LogP contribution in [0.3, 0.4) is 0 Å². The van der Waals surface area contributed by atoms with E-state index in [-0.39, 0.29) is 11.3 Å². The van der Waals surface area contributed by atoms with Gasteiger partial charge >= 0.3 is 0 Å². The average Bonchev–Trinajstić information content (AvgIpc) is 2.69. The number of carbonyl (C=O) groups is 1. The molecule has 2 aromatic rings. The molecule has 0 saturated carbocycles. The molecule has 0 aliphatic heterocycles. The molecule has 1 heterocycles. The lowest BCUT2D eigenvalue weighted by atomic mass is 10.1. The van der Waals surface area contributed by atoms with Crippen molar-refractivity contribution in [2.24, 2.45) is 0 Å². The second kappa shape index (κ2) is 5.50. The van der Waals surface area contributed by atoms with Crippen LogP contribution in [0.1, 0.15) is 15.2 Å². The van der Waals surface area contributed by atoms with Gasteiger partial charge in [0, 0.05) is 15.9 Å². The topological polar surface area (TPSA) is 26.3 Å². The number of hydrogen-bond acceptors (Lipinski definition) is 3. The van der Waals surface area contributed by atoms with Crippen molar-refractivity contribution in [1.29, 1.82) is 0 Å². The van der Waals surface area contributed by atoms with E-state index in [2.05, 4.69) is 31.9 Å². The number of halogens is 3. The van der Waals surface area contributed by atoms with E-state index in [0.29, 0.717) is 15.1 Å². The summed E-state index contributed by atoms with van der Waals surface area (Å²) in [4.78, 5) is 12.6. The first-order valence-electron chi connectivity index (χ1n) is 4.85. The summed E-state index contributed by atoms with van der Waals surface area (Å²) < 4.78 is 20.1. The van der Waals surface area contributed by atoms with Gasteiger partial charge in [-0.1, -0.05) is 0 Å². The smallest absolute Gasteiger partial charge is 0.207 e. The number of rotatable bonds is 3. The molecule has 0 radical (unpaired) electrons. The lowest BCUT2D eigenvalue weighted by molar-refractivity contribution is 0.103. The van der Waals surface area contributed by atoms with Crippen molar-refractivity contribution in [2.75, 3.05) is 7.11 Å². The van der Waals surface area contributed by atoms with Gasteiger partial charge in [-0.2, -0.15) is 0 Å². The monoisotopic (exact) mass is 392 g/mol. The predicted molar refractivity (Wildman–Crippen MR) is 76.1 cm³/mol. The number of carbonyl (C=O) groups excluding carboxylic acids is 1. The first-order chi connectivity index (χ1) is 8.54. The third kappa shape index (κ3) is 2.50. The van der Waals surface area contributed by atoms with E-state index in [1.54, 1.807) is 11.4 Å². The van der Waals surface area contributed by atoms with Crippen molar-refractivity contribution >= 4 is 49.0 Å². The van der Waals surface area contributed by atoms with Gasteiger partial charge < -0.3 is 4.74 Å². The predicted octanol–water partition coefficient (Wildman–Crippen LogP) is 4.65. The molecule has 0 amide bonds. The minimum atomic E-state index is -0.587. The Morgan fingerprint density at radius 1 is 1.39 bits per heavy atom. The first-order valence-corrected chi connectivity index (χ1v) is 7.32. The SMILES string of the molecule is COc1ccc(C(=O)c2scc(Br)c2Br)c(F)c1. The molecule has 0 fully saturated rings. The third-order valence-corrected chi connectivity index (χ3v) is 5.84. The highest BCUT2D eigenvalue weighted by molar-refractivity contribution is 9.13. The van der Waals surface area contributed by atoms with Gasteiger partial charge in [0.05, 0.1) is 22.0 Å². The zero-order valence-corrected chi connectivity index (χ0v) is 13.2. The minimum absolute atomic E-state index is 0.0332. The Morgan fingerprint density at radius 2 is 2.11 bits per heavy atom. The minimum Gasteiger partial charge on any atom is -0.497 e. The summed E-state index contributed by atoms with van der Waals surface area (Å²) in [6.45, 7) is 0. The van der Waals surface area contributed by atoms with Gasteiger partial charge in [-0.05, 0) is 44.0 Å². The van der Waals surface area contributed by atoms with E-state index in [0.717, 1.165) is 4.47 Å². The van der Waals surface area contributed by atoms with E-state index >= 15 is 0 Å². The lowest BCUT2D eigenvalue weighted by Gasteiger charge is -2.04. The molecule has 0 aliphatic carbocycles. The molecule has 0 aliphatic rings. The van der Waals surface area contributed by atoms with Crippen LogP contribution in [0.2, 0.25) is 0 Å². The van der Waals surface area contributed by atoms with Crippen LogP contribution in [-0.2, 0) is 0 Å². The van der Waals surface area contributed by atoms with Crippen molar-refractivity contribution in [2.45, 2.75) is 0 Å². The van der Waals surface area contributed by atoms with Crippen molar-refractivity contribution in [1.82, 2.24) is 0 Å². The molecule has 2 nitrogen and oxygen atoms in total. The Bertz CT molecular complexity index is 610. The van der Waals surface area contributed by atoms with Crippen LogP contribution in [0, 0.1) is 5.82 Å². The molecule has 0 unspecified atom stereocenters. The van der Waals surface area contributed by atoms with Gasteiger partial charge in [0.15, 0.2) is 0 Å². The number of thiophene rings is 1. The van der Waals surface area contributed by atoms with Gasteiger partial charge in [-0.25, -0.2) is 4.39 Å². The van der Waals surface area contributed by atoms with Crippen LogP contribution in [0.5, 0.6) is 5.75 Å². The van der Waals surface area contributed by atoms with Gasteiger partial charge in [0.1, 0.15) is 11.6 Å². The Balaban J connectivity index is 2.43. The maximum absolute atomic E-state index is 13.8. The molecule has 6 heteroatoms. The highest BCUT2D eigenvalue weighted by atomic mass is 79.9. The average molecular weight is 394 g/mol. The molecular weight excluding hydrogens is 387 g/mol. The summed E-state index contributed by atoms with van der Waals surface area (Å²) in [7, 11) is 1.45. The van der Waals surface area contributed by atoms with Crippen molar-refractivity contribution in [3.63, 3.8) is 0 Å². The maximum atomic E-state index is 13.8. The number of ether oxygens (including phenoxy) is 1. The van der Waals surface area contributed by atoms with Gasteiger partial charge in [0.25, 0.3) is 0 Å². The fourth-order valence-electron chi connectivity index (χ4n) is 1.41. The largest absolute Gasteiger partial charge is 0.497 e. The van der Waals surface area contributed by atoms with E-state index < -0.39 is 5.82 Å². The summed E-state index contributed by atoms with van der Waals surface area (Å²) >= 11 is 7.85. The normalized spacial score (nSPS) is 10.4. The van der Waals surface area contributed by atoms with Crippen LogP contribution in [0.25, 0.3) is 0 Å². The Morgan fingerprint density at radius 3 is 2.61 bits per heavy atom. The summed E-state index contributed by atoms with van der Waals surface area (Å²) in [5.74, 6) is -0.552. The molecule has 0 spiro atoms. The van der Waals surface area contributed by atoms with Crippen molar-refractivity contribution in [3.05, 3.63) is 48.8 Å². The Labute approximate surface area is 124 Å². The molecule has 2 rings (SSSR count). The van der Waals surface area contributed by atoms with Crippen molar-refractivity contribution in [3.8, 4) is 5.75 Å². The molecule has 1 aromatic heterocycles. The molecule has 0 atom stereocenters. The third-order valence-electron chi connectivity index (χ3n) is 2.32. The van der Waals surface area contributed by atoms with E-state index in [4.69, 9.17) is 4.74 Å². The quantitative estimate of drug-likeness (QED) is 0.709. The summed E-state index contributed by atoms with van der Waals surface area (Å²) in [6.07, 6.45) is 0. The first kappa shape index (κ1) is 13.7. The number of hydrogen-bond donors (Lipinski definition) is 0. The Hall–Kier alpha value is -0.720. The van der Waals surface area contributed by atoms with Gasteiger partial charge in [0.2, 0.25) is 5.78 Å². The zero-order valence-electron chi connectivity index (χ0n) is 9.17. The van der Waals surface area contributed by atoms with E-state index in [9.17, 15) is 9.18 Å². The second-order valence-electron chi connectivity index (χ2n) is 3.40. The van der Waals surface area contributed by atoms with Crippen LogP contribution in [-0.4, -0.2) is 12.9 Å². The second-order valence-corrected chi connectivity index (χ2v) is 5.93. The van der Waals surface area contributed by atoms with Crippen LogP contribution in [0.15, 0.2) is 32.5 Å². The lowest BCUT2D eigenvalue weighted by Crippen LogP contribution is -2.03. The van der Waals surface area contributed by atoms with E-state index in [1.165, 1.54) is 30.6 Å². The van der Waals surface area contributed by atoms with Crippen LogP contribution >= 0.6 is 43.2 Å². The molecular formula is C12H7Br2FO2S. The Kier molecular flexibility index (Phi) is 4.19. The highest BCUT2D eigenvalue weighted by Gasteiger charge is 2.20. The zero-order chi connectivity index (χ0) is 13.3. The number of methoxy groups -OCH3 is 1. The molecule has 94 valence electrons. The summed E-state index contributed by atoms with van der Waals surface area (Å²) in [5, 5.41) is 1.78. The fraction of sp³-hybridized carbons (Fsp3) is 0.0833. The summed E-state index contributed by atoms with van der Waals surface area (Å²) in [5.41, 5.74) is 0.0332. The highest BCUT2D eigenvalue weighted by Crippen LogP contribution is 2.34. The molecule has 0 saturated heterocycles. The molecule has 0 N–H and O–H groups in total. The van der Waals surface area contributed by atoms with E-state index in [1.807, 2.05) is 0 Å². The standard InChI is InChI=1S/C12H7Br2FO2S/c1-17-6-2-3-7(9(15)4-6)11(16)12-10(14)8(13)5-18-12/h2-5H,1H3. The van der Waals surface area contributed by atoms with Gasteiger partial charge in [-0.15, -0.1) is 11.3 Å². The summed E-state index contributed by atoms with van der Waals surface area (Å²) in [6, 6.07) is 4.19. The van der Waals surface area contributed by atoms with Crippen LogP contribution < -0.4 is 4.74 Å². The van der Waals surface area contributed by atoms with Crippen LogP contribution in [0.4, 0.5) is 4.39 Å². The van der Waals surface area contributed by atoms with Gasteiger partial charge in [-0.3, -0.25) is 4.79 Å². The molecule has 1 aromatic carbocycles. The molecule has 0 bridgehead atoms. The number of ketones is 1. The maximum Gasteiger partial charge on any atom is 0.207 e. The fourth-order valence-corrected chi connectivity index (χ4v) is 3.51. The molecule has 18 heavy (non-hydrogen) atoms.